The van der Waals surface area contributed by atoms with Crippen molar-refractivity contribution in [2.45, 2.75) is 0 Å². The average Bonchev–Trinajstić information content (AvgIpc) is 2.05. The van der Waals surface area contributed by atoms with Crippen LogP contribution < -0.4 is 10.5 Å². The summed E-state index contributed by atoms with van der Waals surface area (Å²) in [5.41, 5.74) is 5.84. The lowest BCUT2D eigenvalue weighted by atomic mass is 10.4. The standard InChI is InChI=1S/C6H7N3OS/c1-10-6-8-3-2-4(9-6)5(7)11/h2-3H,1H3,(H2,7,11). The highest BCUT2D eigenvalue weighted by Crippen LogP contribution is 2.00. The molecule has 0 atom stereocenters. The summed E-state index contributed by atoms with van der Waals surface area (Å²) in [6.07, 6.45) is 1.54. The van der Waals surface area contributed by atoms with Crippen molar-refractivity contribution in [1.29, 1.82) is 0 Å². The van der Waals surface area contributed by atoms with Crippen molar-refractivity contribution in [3.8, 4) is 6.01 Å². The van der Waals surface area contributed by atoms with Gasteiger partial charge in [0.05, 0.1) is 7.11 Å². The van der Waals surface area contributed by atoms with E-state index in [1.54, 1.807) is 12.3 Å². The van der Waals surface area contributed by atoms with E-state index in [9.17, 15) is 0 Å². The van der Waals surface area contributed by atoms with Crippen LogP contribution in [0.25, 0.3) is 0 Å². The first-order valence-corrected chi connectivity index (χ1v) is 3.31. The quantitative estimate of drug-likeness (QED) is 0.637. The molecule has 58 valence electrons. The molecule has 0 aromatic carbocycles. The van der Waals surface area contributed by atoms with Crippen molar-refractivity contribution < 1.29 is 4.74 Å². The van der Waals surface area contributed by atoms with Crippen LogP contribution in [-0.2, 0) is 0 Å². The Balaban J connectivity index is 3.01. The molecule has 0 saturated heterocycles. The van der Waals surface area contributed by atoms with Gasteiger partial charge >= 0.3 is 6.01 Å². The third kappa shape index (κ3) is 1.84. The van der Waals surface area contributed by atoms with Crippen molar-refractivity contribution in [2.75, 3.05) is 7.11 Å². The van der Waals surface area contributed by atoms with Gasteiger partial charge in [0.2, 0.25) is 0 Å². The molecule has 0 radical (unpaired) electrons. The van der Waals surface area contributed by atoms with Crippen molar-refractivity contribution in [3.05, 3.63) is 18.0 Å². The molecule has 0 aliphatic heterocycles. The molecule has 0 amide bonds. The number of ether oxygens (including phenoxy) is 1. The Morgan fingerprint density at radius 3 is 3.00 bits per heavy atom. The number of nitrogens with two attached hydrogens (primary N) is 1. The molecule has 4 nitrogen and oxygen atoms in total. The SMILES string of the molecule is COc1nccc(C(N)=S)n1. The summed E-state index contributed by atoms with van der Waals surface area (Å²) >= 11 is 4.70. The monoisotopic (exact) mass is 169 g/mol. The van der Waals surface area contributed by atoms with Gasteiger partial charge in [-0.3, -0.25) is 0 Å². The van der Waals surface area contributed by atoms with Crippen LogP contribution in [0.15, 0.2) is 12.3 Å². The molecule has 0 fully saturated rings. The Bertz CT molecular complexity index is 276. The fourth-order valence-corrected chi connectivity index (χ4v) is 0.690. The van der Waals surface area contributed by atoms with Gasteiger partial charge in [-0.25, -0.2) is 4.98 Å². The van der Waals surface area contributed by atoms with E-state index in [-0.39, 0.29) is 11.0 Å². The van der Waals surface area contributed by atoms with Gasteiger partial charge in [-0.2, -0.15) is 4.98 Å². The molecule has 2 N–H and O–H groups in total. The fraction of sp³-hybridized carbons (Fsp3) is 0.167. The number of aromatic nitrogens is 2. The van der Waals surface area contributed by atoms with E-state index >= 15 is 0 Å². The molecule has 0 saturated carbocycles. The molecular weight excluding hydrogens is 162 g/mol. The largest absolute Gasteiger partial charge is 0.467 e. The normalized spacial score (nSPS) is 9.18. The number of hydrogen-bond acceptors (Lipinski definition) is 4. The fourth-order valence-electron chi connectivity index (χ4n) is 0.576. The van der Waals surface area contributed by atoms with Gasteiger partial charge < -0.3 is 10.5 Å². The zero-order chi connectivity index (χ0) is 8.27. The lowest BCUT2D eigenvalue weighted by Gasteiger charge is -1.98. The second-order valence-corrected chi connectivity index (χ2v) is 2.23. The summed E-state index contributed by atoms with van der Waals surface area (Å²) in [6.45, 7) is 0. The Morgan fingerprint density at radius 1 is 1.73 bits per heavy atom. The minimum absolute atomic E-state index is 0.241. The van der Waals surface area contributed by atoms with Crippen LogP contribution in [0.4, 0.5) is 0 Å². The van der Waals surface area contributed by atoms with Crippen LogP contribution >= 0.6 is 12.2 Å². The highest BCUT2D eigenvalue weighted by atomic mass is 32.1. The molecule has 5 heteroatoms. The lowest BCUT2D eigenvalue weighted by molar-refractivity contribution is 0.379. The molecule has 1 heterocycles. The van der Waals surface area contributed by atoms with Gasteiger partial charge in [0.15, 0.2) is 0 Å². The van der Waals surface area contributed by atoms with Crippen LogP contribution in [0.1, 0.15) is 5.69 Å². The van der Waals surface area contributed by atoms with Gasteiger partial charge in [-0.15, -0.1) is 0 Å². The first kappa shape index (κ1) is 7.87. The Morgan fingerprint density at radius 2 is 2.45 bits per heavy atom. The van der Waals surface area contributed by atoms with E-state index in [0.717, 1.165) is 0 Å². The minimum Gasteiger partial charge on any atom is -0.467 e. The minimum atomic E-state index is 0.241. The second kappa shape index (κ2) is 3.25. The molecule has 1 aromatic heterocycles. The molecule has 0 spiro atoms. The molecule has 0 aliphatic rings. The maximum atomic E-state index is 5.32. The van der Waals surface area contributed by atoms with Crippen LogP contribution in [-0.4, -0.2) is 22.1 Å². The van der Waals surface area contributed by atoms with Crippen molar-refractivity contribution in [3.63, 3.8) is 0 Å². The topological polar surface area (TPSA) is 61.0 Å². The molecule has 1 rings (SSSR count). The van der Waals surface area contributed by atoms with E-state index in [1.807, 2.05) is 0 Å². The lowest BCUT2D eigenvalue weighted by Crippen LogP contribution is -2.12. The highest BCUT2D eigenvalue weighted by molar-refractivity contribution is 7.80. The number of thiocarbonyl (C=S) groups is 1. The van der Waals surface area contributed by atoms with Gasteiger partial charge in [0, 0.05) is 6.20 Å². The maximum Gasteiger partial charge on any atom is 0.316 e. The van der Waals surface area contributed by atoms with Crippen molar-refractivity contribution in [1.82, 2.24) is 9.97 Å². The van der Waals surface area contributed by atoms with Crippen molar-refractivity contribution >= 4 is 17.2 Å². The molecule has 0 aliphatic carbocycles. The molecule has 1 aromatic rings. The van der Waals surface area contributed by atoms with Crippen molar-refractivity contribution in [2.24, 2.45) is 5.73 Å². The van der Waals surface area contributed by atoms with Gasteiger partial charge in [0.1, 0.15) is 10.7 Å². The molecule has 0 unspecified atom stereocenters. The number of methoxy groups -OCH3 is 1. The smallest absolute Gasteiger partial charge is 0.316 e. The summed E-state index contributed by atoms with van der Waals surface area (Å²) in [4.78, 5) is 7.92. The van der Waals surface area contributed by atoms with Crippen LogP contribution in [0.5, 0.6) is 6.01 Å². The Kier molecular flexibility index (Phi) is 2.32. The summed E-state index contributed by atoms with van der Waals surface area (Å²) < 4.78 is 4.77. The number of hydrogen-bond donors (Lipinski definition) is 1. The first-order chi connectivity index (χ1) is 5.24. The third-order valence-corrected chi connectivity index (χ3v) is 1.28. The summed E-state index contributed by atoms with van der Waals surface area (Å²) in [6, 6.07) is 1.90. The third-order valence-electron chi connectivity index (χ3n) is 1.07. The van der Waals surface area contributed by atoms with Gasteiger partial charge in [-0.1, -0.05) is 12.2 Å². The van der Waals surface area contributed by atoms with Gasteiger partial charge in [0.25, 0.3) is 0 Å². The molecule has 11 heavy (non-hydrogen) atoms. The van der Waals surface area contributed by atoms with Crippen LogP contribution in [0, 0.1) is 0 Å². The number of rotatable bonds is 2. The Hall–Kier alpha value is -1.23. The van der Waals surface area contributed by atoms with E-state index in [2.05, 4.69) is 9.97 Å². The molecule has 0 bridgehead atoms. The Labute approximate surface area is 69.4 Å². The van der Waals surface area contributed by atoms with E-state index < -0.39 is 0 Å². The number of nitrogens with zero attached hydrogens (tertiary/aromatic N) is 2. The van der Waals surface area contributed by atoms with E-state index in [1.165, 1.54) is 7.11 Å². The maximum absolute atomic E-state index is 5.32. The highest BCUT2D eigenvalue weighted by Gasteiger charge is 1.99. The van der Waals surface area contributed by atoms with Crippen LogP contribution in [0.2, 0.25) is 0 Å². The van der Waals surface area contributed by atoms with Gasteiger partial charge in [-0.05, 0) is 6.07 Å². The summed E-state index contributed by atoms with van der Waals surface area (Å²) in [5.74, 6) is 0. The van der Waals surface area contributed by atoms with E-state index in [0.29, 0.717) is 5.69 Å². The van der Waals surface area contributed by atoms with Crippen LogP contribution in [0.3, 0.4) is 0 Å². The zero-order valence-electron chi connectivity index (χ0n) is 5.94. The second-order valence-electron chi connectivity index (χ2n) is 1.79. The molecular formula is C6H7N3OS. The zero-order valence-corrected chi connectivity index (χ0v) is 6.76. The summed E-state index contributed by atoms with van der Waals surface area (Å²) in [7, 11) is 1.48. The average molecular weight is 169 g/mol. The predicted molar refractivity (Wildman–Crippen MR) is 44.5 cm³/mol. The first-order valence-electron chi connectivity index (χ1n) is 2.91. The van der Waals surface area contributed by atoms with E-state index in [4.69, 9.17) is 22.7 Å². The predicted octanol–water partition coefficient (Wildman–Crippen LogP) is 0.119. The summed E-state index contributed by atoms with van der Waals surface area (Å²) in [5, 5.41) is 0.